The zero-order valence-corrected chi connectivity index (χ0v) is 10.7. The molecule has 0 aromatic carbocycles. The van der Waals surface area contributed by atoms with Crippen molar-refractivity contribution in [2.75, 3.05) is 0 Å². The van der Waals surface area contributed by atoms with E-state index < -0.39 is 0 Å². The van der Waals surface area contributed by atoms with Crippen LogP contribution >= 0.6 is 0 Å². The maximum absolute atomic E-state index is 6.03. The Labute approximate surface area is 103 Å². The first-order chi connectivity index (χ1) is 8.31. The van der Waals surface area contributed by atoms with Crippen LogP contribution < -0.4 is 5.73 Å². The molecule has 1 fully saturated rings. The van der Waals surface area contributed by atoms with E-state index in [2.05, 4.69) is 17.1 Å². The summed E-state index contributed by atoms with van der Waals surface area (Å²) in [5.41, 5.74) is 6.03. The van der Waals surface area contributed by atoms with E-state index in [-0.39, 0.29) is 6.04 Å². The maximum atomic E-state index is 6.03. The van der Waals surface area contributed by atoms with E-state index in [1.54, 1.807) is 0 Å². The Kier molecular flexibility index (Phi) is 4.54. The highest BCUT2D eigenvalue weighted by molar-refractivity contribution is 4.99. The van der Waals surface area contributed by atoms with Crippen molar-refractivity contribution in [2.24, 2.45) is 5.73 Å². The normalized spacial score (nSPS) is 19.4. The van der Waals surface area contributed by atoms with Crippen LogP contribution in [0.2, 0.25) is 0 Å². The molecule has 4 nitrogen and oxygen atoms in total. The molecule has 1 heterocycles. The summed E-state index contributed by atoms with van der Waals surface area (Å²) in [6, 6.07) is -0.0835. The standard InChI is InChI=1S/C13H23N3O/c1-2-3-9-11(14)13-15-12(16-17-13)10-7-5-4-6-8-10/h10-11H,2-9,14H2,1H3/t11-/m0/s1. The van der Waals surface area contributed by atoms with Gasteiger partial charge >= 0.3 is 0 Å². The summed E-state index contributed by atoms with van der Waals surface area (Å²) < 4.78 is 5.29. The van der Waals surface area contributed by atoms with Gasteiger partial charge in [0.15, 0.2) is 5.82 Å². The Morgan fingerprint density at radius 2 is 2.12 bits per heavy atom. The number of rotatable bonds is 5. The van der Waals surface area contributed by atoms with Crippen molar-refractivity contribution in [3.63, 3.8) is 0 Å². The number of aromatic nitrogens is 2. The number of nitrogens with two attached hydrogens (primary N) is 1. The molecule has 0 aliphatic heterocycles. The second-order valence-corrected chi connectivity index (χ2v) is 5.07. The third-order valence-electron chi connectivity index (χ3n) is 3.61. The van der Waals surface area contributed by atoms with Crippen molar-refractivity contribution >= 4 is 0 Å². The number of unbranched alkanes of at least 4 members (excludes halogenated alkanes) is 1. The number of hydrogen-bond acceptors (Lipinski definition) is 4. The van der Waals surface area contributed by atoms with Crippen LogP contribution in [-0.2, 0) is 0 Å². The molecule has 96 valence electrons. The van der Waals surface area contributed by atoms with E-state index in [4.69, 9.17) is 10.3 Å². The lowest BCUT2D eigenvalue weighted by Crippen LogP contribution is -2.11. The summed E-state index contributed by atoms with van der Waals surface area (Å²) >= 11 is 0. The van der Waals surface area contributed by atoms with Gasteiger partial charge in [0.1, 0.15) is 0 Å². The fraction of sp³-hybridized carbons (Fsp3) is 0.846. The van der Waals surface area contributed by atoms with Gasteiger partial charge < -0.3 is 10.3 Å². The van der Waals surface area contributed by atoms with Gasteiger partial charge in [0.25, 0.3) is 0 Å². The van der Waals surface area contributed by atoms with Crippen LogP contribution in [-0.4, -0.2) is 10.1 Å². The van der Waals surface area contributed by atoms with Gasteiger partial charge in [-0.3, -0.25) is 0 Å². The van der Waals surface area contributed by atoms with Gasteiger partial charge in [0.05, 0.1) is 6.04 Å². The van der Waals surface area contributed by atoms with Crippen molar-refractivity contribution < 1.29 is 4.52 Å². The Bertz CT molecular complexity index is 331. The van der Waals surface area contributed by atoms with E-state index >= 15 is 0 Å². The smallest absolute Gasteiger partial charge is 0.243 e. The van der Waals surface area contributed by atoms with Gasteiger partial charge in [-0.15, -0.1) is 0 Å². The van der Waals surface area contributed by atoms with Crippen molar-refractivity contribution in [2.45, 2.75) is 70.3 Å². The molecule has 0 bridgehead atoms. The summed E-state index contributed by atoms with van der Waals surface area (Å²) in [6.07, 6.45) is 9.51. The van der Waals surface area contributed by atoms with E-state index in [0.29, 0.717) is 11.8 Å². The van der Waals surface area contributed by atoms with Crippen molar-refractivity contribution in [3.05, 3.63) is 11.7 Å². The molecule has 0 amide bonds. The second kappa shape index (κ2) is 6.15. The maximum Gasteiger partial charge on any atom is 0.243 e. The Morgan fingerprint density at radius 1 is 1.35 bits per heavy atom. The summed E-state index contributed by atoms with van der Waals surface area (Å²) in [5, 5.41) is 4.10. The highest BCUT2D eigenvalue weighted by Gasteiger charge is 2.22. The molecule has 0 radical (unpaired) electrons. The predicted molar refractivity (Wildman–Crippen MR) is 66.6 cm³/mol. The van der Waals surface area contributed by atoms with Crippen molar-refractivity contribution in [3.8, 4) is 0 Å². The largest absolute Gasteiger partial charge is 0.338 e. The average molecular weight is 237 g/mol. The molecule has 0 saturated heterocycles. The second-order valence-electron chi connectivity index (χ2n) is 5.07. The quantitative estimate of drug-likeness (QED) is 0.853. The minimum absolute atomic E-state index is 0.0835. The van der Waals surface area contributed by atoms with Gasteiger partial charge in [0.2, 0.25) is 5.89 Å². The molecule has 2 rings (SSSR count). The lowest BCUT2D eigenvalue weighted by atomic mass is 9.89. The summed E-state index contributed by atoms with van der Waals surface area (Å²) in [5.74, 6) is 2.00. The predicted octanol–water partition coefficient (Wildman–Crippen LogP) is 3.31. The fourth-order valence-corrected chi connectivity index (χ4v) is 2.47. The van der Waals surface area contributed by atoms with E-state index in [9.17, 15) is 0 Å². The molecular formula is C13H23N3O. The van der Waals surface area contributed by atoms with E-state index in [1.807, 2.05) is 0 Å². The van der Waals surface area contributed by atoms with Crippen molar-refractivity contribution in [1.29, 1.82) is 0 Å². The molecule has 17 heavy (non-hydrogen) atoms. The molecular weight excluding hydrogens is 214 g/mol. The van der Waals surface area contributed by atoms with Gasteiger partial charge in [-0.25, -0.2) is 0 Å². The molecule has 1 aromatic heterocycles. The van der Waals surface area contributed by atoms with Crippen LogP contribution in [0.4, 0.5) is 0 Å². The number of hydrogen-bond donors (Lipinski definition) is 1. The topological polar surface area (TPSA) is 64.9 Å². The lowest BCUT2D eigenvalue weighted by Gasteiger charge is -2.17. The Balaban J connectivity index is 1.94. The van der Waals surface area contributed by atoms with Gasteiger partial charge in [0, 0.05) is 5.92 Å². The number of nitrogens with zero attached hydrogens (tertiary/aromatic N) is 2. The van der Waals surface area contributed by atoms with E-state index in [1.165, 1.54) is 32.1 Å². The highest BCUT2D eigenvalue weighted by atomic mass is 16.5. The summed E-state index contributed by atoms with van der Waals surface area (Å²) in [7, 11) is 0. The Morgan fingerprint density at radius 3 is 2.82 bits per heavy atom. The zero-order valence-electron chi connectivity index (χ0n) is 10.7. The molecule has 1 saturated carbocycles. The first-order valence-corrected chi connectivity index (χ1v) is 6.90. The average Bonchev–Trinajstić information content (AvgIpc) is 2.86. The van der Waals surface area contributed by atoms with Gasteiger partial charge in [-0.2, -0.15) is 4.98 Å². The van der Waals surface area contributed by atoms with E-state index in [0.717, 1.165) is 25.1 Å². The van der Waals surface area contributed by atoms with Crippen LogP contribution in [0.25, 0.3) is 0 Å². The van der Waals surface area contributed by atoms with Crippen LogP contribution in [0.15, 0.2) is 4.52 Å². The molecule has 0 spiro atoms. The third kappa shape index (κ3) is 3.28. The van der Waals surface area contributed by atoms with Crippen LogP contribution in [0.3, 0.4) is 0 Å². The lowest BCUT2D eigenvalue weighted by molar-refractivity contribution is 0.335. The molecule has 1 aromatic rings. The SMILES string of the molecule is CCCC[C@H](N)c1nc(C2CCCCC2)no1. The third-order valence-corrected chi connectivity index (χ3v) is 3.61. The van der Waals surface area contributed by atoms with Crippen LogP contribution in [0.1, 0.15) is 82.0 Å². The first-order valence-electron chi connectivity index (χ1n) is 6.90. The highest BCUT2D eigenvalue weighted by Crippen LogP contribution is 2.31. The minimum Gasteiger partial charge on any atom is -0.338 e. The molecule has 0 unspecified atom stereocenters. The summed E-state index contributed by atoms with van der Waals surface area (Å²) in [4.78, 5) is 4.48. The zero-order chi connectivity index (χ0) is 12.1. The first kappa shape index (κ1) is 12.6. The van der Waals surface area contributed by atoms with Crippen molar-refractivity contribution in [1.82, 2.24) is 10.1 Å². The molecule has 2 N–H and O–H groups in total. The molecule has 4 heteroatoms. The van der Waals surface area contributed by atoms with Gasteiger partial charge in [-0.05, 0) is 19.3 Å². The molecule has 1 aliphatic rings. The molecule has 1 aliphatic carbocycles. The van der Waals surface area contributed by atoms with Gasteiger partial charge in [-0.1, -0.05) is 44.2 Å². The monoisotopic (exact) mass is 237 g/mol. The van der Waals surface area contributed by atoms with Crippen LogP contribution in [0.5, 0.6) is 0 Å². The molecule has 1 atom stereocenters. The fourth-order valence-electron chi connectivity index (χ4n) is 2.47. The summed E-state index contributed by atoms with van der Waals surface area (Å²) in [6.45, 7) is 2.16. The minimum atomic E-state index is -0.0835. The Hall–Kier alpha value is -0.900. The van der Waals surface area contributed by atoms with Crippen LogP contribution in [0, 0.1) is 0 Å².